The lowest BCUT2D eigenvalue weighted by molar-refractivity contribution is 0.0758. The first-order valence-corrected chi connectivity index (χ1v) is 7.28. The first-order valence-electron chi connectivity index (χ1n) is 7.28. The van der Waals surface area contributed by atoms with E-state index in [0.717, 1.165) is 50.9 Å². The summed E-state index contributed by atoms with van der Waals surface area (Å²) in [5, 5.41) is 12.2. The van der Waals surface area contributed by atoms with Crippen LogP contribution in [0.3, 0.4) is 0 Å². The van der Waals surface area contributed by atoms with Crippen LogP contribution < -0.4 is 5.32 Å². The Hall–Kier alpha value is -1.86. The molecule has 0 bridgehead atoms. The molecule has 0 aliphatic carbocycles. The molecule has 4 nitrogen and oxygen atoms in total. The number of nitrogens with one attached hydrogen (secondary N) is 1. The number of nitrogens with zero attached hydrogens (tertiary/aromatic N) is 2. The summed E-state index contributed by atoms with van der Waals surface area (Å²) in [6.07, 6.45) is 2.19. The Kier molecular flexibility index (Phi) is 3.70. The van der Waals surface area contributed by atoms with E-state index in [1.54, 1.807) is 24.3 Å². The van der Waals surface area contributed by atoms with Crippen LogP contribution in [0.1, 0.15) is 28.8 Å². The number of nitriles is 1. The van der Waals surface area contributed by atoms with Crippen molar-refractivity contribution in [3.05, 3.63) is 35.4 Å². The van der Waals surface area contributed by atoms with Crippen molar-refractivity contribution in [3.8, 4) is 6.07 Å². The smallest absolute Gasteiger partial charge is 0.253 e. The van der Waals surface area contributed by atoms with Crippen LogP contribution in [0.4, 0.5) is 0 Å². The summed E-state index contributed by atoms with van der Waals surface area (Å²) in [5.41, 5.74) is 1.28. The minimum atomic E-state index is 0.0995. The number of likely N-dealkylation sites (tertiary alicyclic amines) is 1. The maximum atomic E-state index is 12.5. The molecule has 20 heavy (non-hydrogen) atoms. The zero-order chi connectivity index (χ0) is 13.9. The number of amides is 1. The van der Waals surface area contributed by atoms with Crippen LogP contribution in [0.15, 0.2) is 24.3 Å². The second-order valence-corrected chi connectivity index (χ2v) is 5.74. The summed E-state index contributed by atoms with van der Waals surface area (Å²) in [6.45, 7) is 3.90. The first kappa shape index (κ1) is 13.1. The zero-order valence-electron chi connectivity index (χ0n) is 11.5. The summed E-state index contributed by atoms with van der Waals surface area (Å²) in [6, 6.07) is 9.02. The van der Waals surface area contributed by atoms with Gasteiger partial charge in [0, 0.05) is 18.7 Å². The van der Waals surface area contributed by atoms with Gasteiger partial charge in [-0.2, -0.15) is 5.26 Å². The quantitative estimate of drug-likeness (QED) is 0.843. The maximum absolute atomic E-state index is 12.5. The van der Waals surface area contributed by atoms with Gasteiger partial charge in [-0.25, -0.2) is 0 Å². The van der Waals surface area contributed by atoms with Gasteiger partial charge in [-0.05, 0) is 62.0 Å². The minimum absolute atomic E-state index is 0.0995. The van der Waals surface area contributed by atoms with E-state index in [9.17, 15) is 4.79 Å². The van der Waals surface area contributed by atoms with Crippen LogP contribution in [0.25, 0.3) is 0 Å². The Morgan fingerprint density at radius 1 is 1.15 bits per heavy atom. The molecule has 0 spiro atoms. The molecule has 1 amide bonds. The number of hydrogen-bond acceptors (Lipinski definition) is 3. The predicted molar refractivity (Wildman–Crippen MR) is 76.1 cm³/mol. The number of fused-ring (bicyclic) bond motifs is 1. The molecule has 4 heteroatoms. The fraction of sp³-hybridized carbons (Fsp3) is 0.500. The Balaban J connectivity index is 1.69. The van der Waals surface area contributed by atoms with Gasteiger partial charge in [-0.15, -0.1) is 0 Å². The van der Waals surface area contributed by atoms with E-state index in [4.69, 9.17) is 5.26 Å². The Morgan fingerprint density at radius 2 is 1.75 bits per heavy atom. The van der Waals surface area contributed by atoms with E-state index in [2.05, 4.69) is 11.4 Å². The third-order valence-electron chi connectivity index (χ3n) is 4.57. The fourth-order valence-corrected chi connectivity index (χ4v) is 3.29. The second kappa shape index (κ2) is 5.64. The number of hydrogen-bond donors (Lipinski definition) is 1. The van der Waals surface area contributed by atoms with Crippen molar-refractivity contribution >= 4 is 5.91 Å². The number of rotatable bonds is 1. The molecule has 2 atom stereocenters. The van der Waals surface area contributed by atoms with Crippen molar-refractivity contribution < 1.29 is 4.79 Å². The predicted octanol–water partition coefficient (Wildman–Crippen LogP) is 1.63. The van der Waals surface area contributed by atoms with E-state index >= 15 is 0 Å². The number of carbonyl (C=O) groups is 1. The SMILES string of the molecule is N#Cc1ccc(C(=O)N2CC[C@@H]3CNC[C@@H]3CC2)cc1. The average Bonchev–Trinajstić information content (AvgIpc) is 2.85. The normalized spacial score (nSPS) is 25.6. The molecular formula is C16H19N3O. The molecule has 1 aromatic carbocycles. The molecule has 3 rings (SSSR count). The molecule has 0 unspecified atom stereocenters. The van der Waals surface area contributed by atoms with Gasteiger partial charge in [0.2, 0.25) is 0 Å². The van der Waals surface area contributed by atoms with E-state index in [0.29, 0.717) is 11.1 Å². The third kappa shape index (κ3) is 2.54. The topological polar surface area (TPSA) is 56.1 Å². The van der Waals surface area contributed by atoms with Crippen LogP contribution in [-0.2, 0) is 0 Å². The van der Waals surface area contributed by atoms with Gasteiger partial charge in [0.25, 0.3) is 5.91 Å². The van der Waals surface area contributed by atoms with Gasteiger partial charge in [0.15, 0.2) is 0 Å². The monoisotopic (exact) mass is 269 g/mol. The van der Waals surface area contributed by atoms with E-state index in [1.165, 1.54) is 0 Å². The van der Waals surface area contributed by atoms with Crippen LogP contribution in [0.2, 0.25) is 0 Å². The van der Waals surface area contributed by atoms with E-state index < -0.39 is 0 Å². The average molecular weight is 269 g/mol. The van der Waals surface area contributed by atoms with Crippen molar-refractivity contribution in [1.82, 2.24) is 10.2 Å². The van der Waals surface area contributed by atoms with Crippen LogP contribution in [0.5, 0.6) is 0 Å². The maximum Gasteiger partial charge on any atom is 0.253 e. The van der Waals surface area contributed by atoms with Crippen molar-refractivity contribution in [3.63, 3.8) is 0 Å². The van der Waals surface area contributed by atoms with Gasteiger partial charge in [-0.1, -0.05) is 0 Å². The van der Waals surface area contributed by atoms with Crippen molar-refractivity contribution in [2.45, 2.75) is 12.8 Å². The minimum Gasteiger partial charge on any atom is -0.339 e. The Bertz CT molecular complexity index is 518. The van der Waals surface area contributed by atoms with Crippen molar-refractivity contribution in [2.75, 3.05) is 26.2 Å². The van der Waals surface area contributed by atoms with E-state index in [1.807, 2.05) is 4.90 Å². The van der Waals surface area contributed by atoms with Crippen molar-refractivity contribution in [1.29, 1.82) is 5.26 Å². The fourth-order valence-electron chi connectivity index (χ4n) is 3.29. The molecule has 2 saturated heterocycles. The summed E-state index contributed by atoms with van der Waals surface area (Å²) < 4.78 is 0. The zero-order valence-corrected chi connectivity index (χ0v) is 11.5. The lowest BCUT2D eigenvalue weighted by Crippen LogP contribution is -2.32. The molecule has 1 N–H and O–H groups in total. The lowest BCUT2D eigenvalue weighted by Gasteiger charge is -2.21. The van der Waals surface area contributed by atoms with Crippen LogP contribution in [-0.4, -0.2) is 37.0 Å². The first-order chi connectivity index (χ1) is 9.78. The Labute approximate surface area is 119 Å². The highest BCUT2D eigenvalue weighted by Crippen LogP contribution is 2.27. The molecule has 104 valence electrons. The molecular weight excluding hydrogens is 250 g/mol. The lowest BCUT2D eigenvalue weighted by atomic mass is 9.92. The van der Waals surface area contributed by atoms with Gasteiger partial charge < -0.3 is 10.2 Å². The van der Waals surface area contributed by atoms with Gasteiger partial charge in [0.05, 0.1) is 11.6 Å². The van der Waals surface area contributed by atoms with Gasteiger partial charge >= 0.3 is 0 Å². The summed E-state index contributed by atoms with van der Waals surface area (Å²) in [7, 11) is 0. The molecule has 2 aliphatic heterocycles. The Morgan fingerprint density at radius 3 is 2.30 bits per heavy atom. The molecule has 0 radical (unpaired) electrons. The summed E-state index contributed by atoms with van der Waals surface area (Å²) in [5.74, 6) is 1.56. The molecule has 2 fully saturated rings. The van der Waals surface area contributed by atoms with Crippen LogP contribution in [0, 0.1) is 23.2 Å². The second-order valence-electron chi connectivity index (χ2n) is 5.74. The highest BCUT2D eigenvalue weighted by molar-refractivity contribution is 5.94. The standard InChI is InChI=1S/C16H19N3O/c17-9-12-1-3-13(4-2-12)16(20)19-7-5-14-10-18-11-15(14)6-8-19/h1-4,14-15,18H,5-8,10-11H2/t14-,15+. The summed E-state index contributed by atoms with van der Waals surface area (Å²) in [4.78, 5) is 14.5. The number of benzene rings is 1. The molecule has 2 heterocycles. The summed E-state index contributed by atoms with van der Waals surface area (Å²) >= 11 is 0. The van der Waals surface area contributed by atoms with Crippen LogP contribution >= 0.6 is 0 Å². The highest BCUT2D eigenvalue weighted by Gasteiger charge is 2.31. The molecule has 0 saturated carbocycles. The van der Waals surface area contributed by atoms with E-state index in [-0.39, 0.29) is 5.91 Å². The molecule has 0 aromatic heterocycles. The molecule has 2 aliphatic rings. The van der Waals surface area contributed by atoms with Gasteiger partial charge in [0.1, 0.15) is 0 Å². The number of carbonyl (C=O) groups excluding carboxylic acids is 1. The van der Waals surface area contributed by atoms with Crippen molar-refractivity contribution in [2.24, 2.45) is 11.8 Å². The largest absolute Gasteiger partial charge is 0.339 e. The third-order valence-corrected chi connectivity index (χ3v) is 4.57. The highest BCUT2D eigenvalue weighted by atomic mass is 16.2. The van der Waals surface area contributed by atoms with Gasteiger partial charge in [-0.3, -0.25) is 4.79 Å². The molecule has 1 aromatic rings.